The highest BCUT2D eigenvalue weighted by Crippen LogP contribution is 2.21. The van der Waals surface area contributed by atoms with Gasteiger partial charge in [0.15, 0.2) is 0 Å². The zero-order chi connectivity index (χ0) is 13.8. The number of nitrogens with zero attached hydrogens (tertiary/aromatic N) is 1. The van der Waals surface area contributed by atoms with Gasteiger partial charge in [0.05, 0.1) is 9.80 Å². The van der Waals surface area contributed by atoms with Crippen molar-refractivity contribution in [3.63, 3.8) is 0 Å². The first-order valence-corrected chi connectivity index (χ1v) is 6.62. The summed E-state index contributed by atoms with van der Waals surface area (Å²) in [6.07, 6.45) is 0.779. The van der Waals surface area contributed by atoms with Gasteiger partial charge in [-0.1, -0.05) is 13.0 Å². The molecule has 0 saturated carbocycles. The summed E-state index contributed by atoms with van der Waals surface area (Å²) in [4.78, 5) is 22.9. The first-order valence-electron chi connectivity index (χ1n) is 5.74. The summed E-state index contributed by atoms with van der Waals surface area (Å²) in [7, 11) is 0. The van der Waals surface area contributed by atoms with Crippen molar-refractivity contribution >= 4 is 28.6 Å². The molecule has 6 heteroatoms. The minimum absolute atomic E-state index is 0.0419. The summed E-state index contributed by atoms with van der Waals surface area (Å²) in [6, 6.07) is 7.81. The molecule has 0 unspecified atom stereocenters. The van der Waals surface area contributed by atoms with Crippen molar-refractivity contribution in [1.29, 1.82) is 0 Å². The molecule has 98 valence electrons. The Labute approximate surface area is 114 Å². The van der Waals surface area contributed by atoms with Crippen molar-refractivity contribution in [2.24, 2.45) is 0 Å². The Balaban J connectivity index is 2.19. The molecule has 1 aromatic carbocycles. The first-order chi connectivity index (χ1) is 9.11. The highest BCUT2D eigenvalue weighted by Gasteiger charge is 2.13. The average Bonchev–Trinajstić information content (AvgIpc) is 2.87. The van der Waals surface area contributed by atoms with Crippen molar-refractivity contribution in [2.75, 3.05) is 5.32 Å². The van der Waals surface area contributed by atoms with Crippen molar-refractivity contribution < 1.29 is 9.72 Å². The largest absolute Gasteiger partial charge is 0.321 e. The summed E-state index contributed by atoms with van der Waals surface area (Å²) in [5.74, 6) is -0.229. The molecule has 0 spiro atoms. The van der Waals surface area contributed by atoms with E-state index in [1.54, 1.807) is 12.1 Å². The van der Waals surface area contributed by atoms with Crippen molar-refractivity contribution in [1.82, 2.24) is 0 Å². The fourth-order valence-corrected chi connectivity index (χ4v) is 2.59. The summed E-state index contributed by atoms with van der Waals surface area (Å²) < 4.78 is 0. The number of non-ortho nitro benzene ring substituents is 1. The molecule has 2 aromatic rings. The highest BCUT2D eigenvalue weighted by atomic mass is 32.1. The van der Waals surface area contributed by atoms with Crippen LogP contribution in [0.3, 0.4) is 0 Å². The number of nitro groups is 1. The topological polar surface area (TPSA) is 72.2 Å². The normalized spacial score (nSPS) is 10.2. The molecule has 0 aliphatic rings. The molecular weight excluding hydrogens is 264 g/mol. The van der Waals surface area contributed by atoms with Crippen LogP contribution < -0.4 is 5.32 Å². The Morgan fingerprint density at radius 2 is 2.21 bits per heavy atom. The number of carbonyl (C=O) groups excluding carboxylic acids is 1. The predicted octanol–water partition coefficient (Wildman–Crippen LogP) is 3.47. The summed E-state index contributed by atoms with van der Waals surface area (Å²) in [5, 5.41) is 15.2. The van der Waals surface area contributed by atoms with Gasteiger partial charge in [0.1, 0.15) is 0 Å². The number of aryl methyl sites for hydroxylation is 1. The van der Waals surface area contributed by atoms with E-state index in [0.29, 0.717) is 10.6 Å². The van der Waals surface area contributed by atoms with E-state index in [9.17, 15) is 14.9 Å². The van der Waals surface area contributed by atoms with E-state index < -0.39 is 4.92 Å². The Morgan fingerprint density at radius 1 is 1.42 bits per heavy atom. The monoisotopic (exact) mass is 276 g/mol. The number of nitrogens with one attached hydrogen (secondary N) is 1. The summed E-state index contributed by atoms with van der Waals surface area (Å²) in [5.41, 5.74) is 1.36. The number of rotatable bonds is 4. The van der Waals surface area contributed by atoms with E-state index in [4.69, 9.17) is 0 Å². The molecule has 5 nitrogen and oxygen atoms in total. The molecule has 0 bridgehead atoms. The van der Waals surface area contributed by atoms with Crippen LogP contribution in [0.1, 0.15) is 22.2 Å². The fraction of sp³-hybridized carbons (Fsp3) is 0.154. The van der Waals surface area contributed by atoms with Crippen LogP contribution in [-0.4, -0.2) is 10.8 Å². The zero-order valence-electron chi connectivity index (χ0n) is 10.3. The second kappa shape index (κ2) is 5.62. The molecule has 0 radical (unpaired) electrons. The molecule has 1 amide bonds. The zero-order valence-corrected chi connectivity index (χ0v) is 11.1. The number of amides is 1. The minimum Gasteiger partial charge on any atom is -0.321 e. The second-order valence-electron chi connectivity index (χ2n) is 3.89. The van der Waals surface area contributed by atoms with Gasteiger partial charge < -0.3 is 5.32 Å². The summed E-state index contributed by atoms with van der Waals surface area (Å²) >= 11 is 1.37. The van der Waals surface area contributed by atoms with Gasteiger partial charge in [0.25, 0.3) is 11.6 Å². The van der Waals surface area contributed by atoms with Gasteiger partial charge in [0.2, 0.25) is 0 Å². The van der Waals surface area contributed by atoms with Gasteiger partial charge in [-0.05, 0) is 29.5 Å². The standard InChI is InChI=1S/C13H12N2O3S/c1-2-9-6-7-19-12(9)13(16)14-10-4-3-5-11(8-10)15(17)18/h3-8H,2H2,1H3,(H,14,16). The highest BCUT2D eigenvalue weighted by molar-refractivity contribution is 7.12. The van der Waals surface area contributed by atoms with Crippen LogP contribution in [0.25, 0.3) is 0 Å². The third kappa shape index (κ3) is 2.97. The van der Waals surface area contributed by atoms with E-state index in [1.807, 2.05) is 18.4 Å². The van der Waals surface area contributed by atoms with E-state index in [1.165, 1.54) is 23.5 Å². The second-order valence-corrected chi connectivity index (χ2v) is 4.81. The smallest absolute Gasteiger partial charge is 0.271 e. The van der Waals surface area contributed by atoms with Gasteiger partial charge in [-0.2, -0.15) is 0 Å². The SMILES string of the molecule is CCc1ccsc1C(=O)Nc1cccc([N+](=O)[O-])c1. The van der Waals surface area contributed by atoms with Crippen LogP contribution >= 0.6 is 11.3 Å². The number of hydrogen-bond donors (Lipinski definition) is 1. The third-order valence-corrected chi connectivity index (χ3v) is 3.60. The van der Waals surface area contributed by atoms with Gasteiger partial charge in [-0.15, -0.1) is 11.3 Å². The summed E-state index contributed by atoms with van der Waals surface area (Å²) in [6.45, 7) is 1.98. The Kier molecular flexibility index (Phi) is 3.91. The van der Waals surface area contributed by atoms with Gasteiger partial charge >= 0.3 is 0 Å². The Morgan fingerprint density at radius 3 is 2.89 bits per heavy atom. The Hall–Kier alpha value is -2.21. The van der Waals surface area contributed by atoms with Gasteiger partial charge in [-0.25, -0.2) is 0 Å². The van der Waals surface area contributed by atoms with Crippen LogP contribution in [0.15, 0.2) is 35.7 Å². The van der Waals surface area contributed by atoms with Crippen LogP contribution in [0.2, 0.25) is 0 Å². The molecule has 1 aromatic heterocycles. The van der Waals surface area contributed by atoms with Crippen LogP contribution in [-0.2, 0) is 6.42 Å². The van der Waals surface area contributed by atoms with E-state index >= 15 is 0 Å². The molecule has 0 fully saturated rings. The molecule has 1 N–H and O–H groups in total. The maximum Gasteiger partial charge on any atom is 0.271 e. The number of hydrogen-bond acceptors (Lipinski definition) is 4. The third-order valence-electron chi connectivity index (χ3n) is 2.65. The molecule has 1 heterocycles. The molecule has 0 aliphatic carbocycles. The quantitative estimate of drug-likeness (QED) is 0.686. The minimum atomic E-state index is -0.488. The maximum atomic E-state index is 12.1. The lowest BCUT2D eigenvalue weighted by atomic mass is 10.2. The molecular formula is C13H12N2O3S. The Bertz CT molecular complexity index is 622. The molecule has 2 rings (SSSR count). The number of anilines is 1. The van der Waals surface area contributed by atoms with E-state index in [0.717, 1.165) is 12.0 Å². The molecule has 0 aliphatic heterocycles. The van der Waals surface area contributed by atoms with Crippen molar-refractivity contribution in [2.45, 2.75) is 13.3 Å². The number of nitro benzene ring substituents is 1. The van der Waals surface area contributed by atoms with Gasteiger partial charge in [-0.3, -0.25) is 14.9 Å². The number of benzene rings is 1. The van der Waals surface area contributed by atoms with Crippen LogP contribution in [0.4, 0.5) is 11.4 Å². The van der Waals surface area contributed by atoms with E-state index in [2.05, 4.69) is 5.32 Å². The lowest BCUT2D eigenvalue weighted by molar-refractivity contribution is -0.384. The predicted molar refractivity (Wildman–Crippen MR) is 74.7 cm³/mol. The molecule has 0 saturated heterocycles. The fourth-order valence-electron chi connectivity index (χ4n) is 1.70. The van der Waals surface area contributed by atoms with Crippen molar-refractivity contribution in [3.05, 3.63) is 56.3 Å². The van der Waals surface area contributed by atoms with E-state index in [-0.39, 0.29) is 11.6 Å². The lowest BCUT2D eigenvalue weighted by Gasteiger charge is -2.05. The van der Waals surface area contributed by atoms with Crippen LogP contribution in [0, 0.1) is 10.1 Å². The van der Waals surface area contributed by atoms with Crippen molar-refractivity contribution in [3.8, 4) is 0 Å². The molecule has 19 heavy (non-hydrogen) atoms. The van der Waals surface area contributed by atoms with Crippen LogP contribution in [0.5, 0.6) is 0 Å². The first kappa shape index (κ1) is 13.2. The molecule has 0 atom stereocenters. The lowest BCUT2D eigenvalue weighted by Crippen LogP contribution is -2.12. The average molecular weight is 276 g/mol. The maximum absolute atomic E-state index is 12.1. The van der Waals surface area contributed by atoms with Gasteiger partial charge in [0, 0.05) is 17.8 Å². The number of thiophene rings is 1. The number of carbonyl (C=O) groups is 1.